The van der Waals surface area contributed by atoms with E-state index in [1.165, 1.54) is 24.5 Å². The standard InChI is InChI=1S/C26H28F4N6O3/c1-14(2)39-25-32-10-16(11-33-25)17-7-21(22(9-20(17)27)36-6-5-35(4)15(3)13-36)34-24(38)18-12-31-23(37)8-19(18)26(28,29)30/h7-12,14-15H,5-6,13H2,1-4H3,(H,31,37)(H,34,38). The minimum absolute atomic E-state index is 0.0323. The summed E-state index contributed by atoms with van der Waals surface area (Å²) >= 11 is 0. The maximum atomic E-state index is 15.5. The zero-order valence-electron chi connectivity index (χ0n) is 21.8. The fourth-order valence-corrected chi connectivity index (χ4v) is 4.22. The average Bonchev–Trinajstić information content (AvgIpc) is 2.86. The van der Waals surface area contributed by atoms with E-state index in [4.69, 9.17) is 4.74 Å². The van der Waals surface area contributed by atoms with E-state index in [2.05, 4.69) is 25.2 Å². The lowest BCUT2D eigenvalue weighted by Gasteiger charge is -2.39. The highest BCUT2D eigenvalue weighted by atomic mass is 19.4. The number of nitrogens with zero attached hydrogens (tertiary/aromatic N) is 4. The first kappa shape index (κ1) is 28.0. The minimum atomic E-state index is -4.94. The molecular formula is C26H28F4N6O3. The number of hydrogen-bond acceptors (Lipinski definition) is 7. The van der Waals surface area contributed by atoms with Crippen LogP contribution in [-0.2, 0) is 6.18 Å². The number of likely N-dealkylation sites (N-methyl/N-ethyl adjacent to an activating group) is 1. The predicted molar refractivity (Wildman–Crippen MR) is 138 cm³/mol. The summed E-state index contributed by atoms with van der Waals surface area (Å²) < 4.78 is 61.7. The number of ether oxygens (including phenoxy) is 1. The molecule has 0 bridgehead atoms. The number of anilines is 2. The van der Waals surface area contributed by atoms with Crippen molar-refractivity contribution in [1.82, 2.24) is 19.9 Å². The van der Waals surface area contributed by atoms with Crippen LogP contribution in [0.1, 0.15) is 36.7 Å². The van der Waals surface area contributed by atoms with Crippen LogP contribution < -0.4 is 20.5 Å². The Bertz CT molecular complexity index is 1410. The second-order valence-corrected chi connectivity index (χ2v) is 9.62. The number of alkyl halides is 3. The molecule has 39 heavy (non-hydrogen) atoms. The Hall–Kier alpha value is -4.00. The molecule has 13 heteroatoms. The number of rotatable bonds is 6. The first-order chi connectivity index (χ1) is 18.3. The van der Waals surface area contributed by atoms with Gasteiger partial charge in [-0.05, 0) is 40.0 Å². The number of aromatic amines is 1. The van der Waals surface area contributed by atoms with E-state index in [-0.39, 0.29) is 35.0 Å². The maximum Gasteiger partial charge on any atom is 0.417 e. The van der Waals surface area contributed by atoms with Gasteiger partial charge in [-0.2, -0.15) is 13.2 Å². The number of H-pyrrole nitrogens is 1. The van der Waals surface area contributed by atoms with Crippen molar-refractivity contribution in [2.75, 3.05) is 36.9 Å². The molecule has 1 fully saturated rings. The van der Waals surface area contributed by atoms with Crippen LogP contribution in [0.25, 0.3) is 11.1 Å². The summed E-state index contributed by atoms with van der Waals surface area (Å²) in [5.74, 6) is -1.74. The zero-order valence-corrected chi connectivity index (χ0v) is 21.8. The highest BCUT2D eigenvalue weighted by molar-refractivity contribution is 6.07. The molecule has 1 aliphatic heterocycles. The third-order valence-electron chi connectivity index (χ3n) is 6.39. The summed E-state index contributed by atoms with van der Waals surface area (Å²) in [4.78, 5) is 39.0. The van der Waals surface area contributed by atoms with Crippen LogP contribution in [0.2, 0.25) is 0 Å². The molecule has 1 aliphatic rings. The van der Waals surface area contributed by atoms with Crippen LogP contribution in [0, 0.1) is 5.82 Å². The van der Waals surface area contributed by atoms with Crippen molar-refractivity contribution in [2.24, 2.45) is 0 Å². The van der Waals surface area contributed by atoms with Crippen LogP contribution in [0.15, 0.2) is 41.6 Å². The molecule has 0 radical (unpaired) electrons. The molecule has 1 saturated heterocycles. The van der Waals surface area contributed by atoms with Gasteiger partial charge in [0.15, 0.2) is 0 Å². The van der Waals surface area contributed by atoms with Gasteiger partial charge >= 0.3 is 12.2 Å². The van der Waals surface area contributed by atoms with Crippen LogP contribution >= 0.6 is 0 Å². The molecule has 1 unspecified atom stereocenters. The molecule has 4 rings (SSSR count). The van der Waals surface area contributed by atoms with E-state index in [1.54, 1.807) is 13.8 Å². The van der Waals surface area contributed by atoms with Gasteiger partial charge in [0.25, 0.3) is 5.91 Å². The largest absolute Gasteiger partial charge is 0.461 e. The van der Waals surface area contributed by atoms with Gasteiger partial charge < -0.3 is 24.8 Å². The molecule has 0 aliphatic carbocycles. The number of nitrogens with one attached hydrogen (secondary N) is 2. The van der Waals surface area contributed by atoms with Gasteiger partial charge in [0.1, 0.15) is 5.82 Å². The summed E-state index contributed by atoms with van der Waals surface area (Å²) in [5.41, 5.74) is -2.44. The second kappa shape index (κ2) is 11.0. The number of hydrogen-bond donors (Lipinski definition) is 2. The van der Waals surface area contributed by atoms with Gasteiger partial charge in [-0.1, -0.05) is 0 Å². The van der Waals surface area contributed by atoms with Crippen LogP contribution in [0.3, 0.4) is 0 Å². The Kier molecular flexibility index (Phi) is 7.91. The Labute approximate surface area is 221 Å². The molecule has 1 aromatic carbocycles. The van der Waals surface area contributed by atoms with Crippen molar-refractivity contribution in [2.45, 2.75) is 39.1 Å². The highest BCUT2D eigenvalue weighted by Gasteiger charge is 2.36. The quantitative estimate of drug-likeness (QED) is 0.446. The lowest BCUT2D eigenvalue weighted by molar-refractivity contribution is -0.138. The first-order valence-electron chi connectivity index (χ1n) is 12.2. The number of halogens is 4. The molecule has 0 saturated carbocycles. The zero-order chi connectivity index (χ0) is 28.5. The summed E-state index contributed by atoms with van der Waals surface area (Å²) in [6, 6.07) is 3.10. The van der Waals surface area contributed by atoms with Gasteiger partial charge in [0.05, 0.1) is 28.6 Å². The van der Waals surface area contributed by atoms with E-state index in [1.807, 2.05) is 18.9 Å². The molecule has 1 amide bonds. The number of pyridine rings is 1. The van der Waals surface area contributed by atoms with E-state index in [0.29, 0.717) is 37.6 Å². The lowest BCUT2D eigenvalue weighted by atomic mass is 10.0. The van der Waals surface area contributed by atoms with Crippen LogP contribution in [-0.4, -0.2) is 64.6 Å². The molecule has 3 heterocycles. The van der Waals surface area contributed by atoms with Gasteiger partial charge in [-0.3, -0.25) is 9.59 Å². The summed E-state index contributed by atoms with van der Waals surface area (Å²) in [6.45, 7) is 7.24. The Morgan fingerprint density at radius 2 is 1.87 bits per heavy atom. The van der Waals surface area contributed by atoms with Crippen molar-refractivity contribution in [3.63, 3.8) is 0 Å². The third kappa shape index (κ3) is 6.36. The number of carbonyl (C=O) groups excluding carboxylic acids is 1. The molecule has 3 aromatic rings. The van der Waals surface area contributed by atoms with E-state index in [9.17, 15) is 22.8 Å². The maximum absolute atomic E-state index is 15.5. The lowest BCUT2D eigenvalue weighted by Crippen LogP contribution is -2.50. The minimum Gasteiger partial charge on any atom is -0.461 e. The SMILES string of the molecule is CC(C)Oc1ncc(-c2cc(NC(=O)c3c[nH]c(=O)cc3C(F)(F)F)c(N3CCN(C)C(C)C3)cc2F)cn1. The summed E-state index contributed by atoms with van der Waals surface area (Å²) in [6.07, 6.45) is -1.69. The molecule has 2 N–H and O–H groups in total. The number of amides is 1. The Morgan fingerprint density at radius 1 is 1.18 bits per heavy atom. The Balaban J connectivity index is 1.77. The normalized spacial score (nSPS) is 16.4. The van der Waals surface area contributed by atoms with E-state index < -0.39 is 34.6 Å². The summed E-state index contributed by atoms with van der Waals surface area (Å²) in [7, 11) is 1.95. The fourth-order valence-electron chi connectivity index (χ4n) is 4.22. The van der Waals surface area contributed by atoms with Crippen LogP contribution in [0.5, 0.6) is 6.01 Å². The third-order valence-corrected chi connectivity index (χ3v) is 6.39. The fraction of sp³-hybridized carbons (Fsp3) is 0.385. The number of piperazine rings is 1. The predicted octanol–water partition coefficient (Wildman–Crippen LogP) is 4.17. The average molecular weight is 549 g/mol. The molecule has 9 nitrogen and oxygen atoms in total. The summed E-state index contributed by atoms with van der Waals surface area (Å²) in [5, 5.41) is 2.51. The Morgan fingerprint density at radius 3 is 2.49 bits per heavy atom. The number of benzene rings is 1. The molecule has 0 spiro atoms. The molecule has 208 valence electrons. The van der Waals surface area contributed by atoms with Gasteiger partial charge in [-0.15, -0.1) is 0 Å². The van der Waals surface area contributed by atoms with Crippen molar-refractivity contribution in [3.8, 4) is 17.1 Å². The van der Waals surface area contributed by atoms with Crippen molar-refractivity contribution < 1.29 is 27.1 Å². The van der Waals surface area contributed by atoms with Crippen molar-refractivity contribution in [1.29, 1.82) is 0 Å². The number of aromatic nitrogens is 3. The smallest absolute Gasteiger partial charge is 0.417 e. The van der Waals surface area contributed by atoms with Crippen molar-refractivity contribution >= 4 is 17.3 Å². The van der Waals surface area contributed by atoms with Crippen molar-refractivity contribution in [3.05, 3.63) is 64.1 Å². The van der Waals surface area contributed by atoms with Gasteiger partial charge in [0, 0.05) is 61.5 Å². The van der Waals surface area contributed by atoms with Gasteiger partial charge in [-0.25, -0.2) is 14.4 Å². The van der Waals surface area contributed by atoms with E-state index >= 15 is 4.39 Å². The monoisotopic (exact) mass is 548 g/mol. The van der Waals surface area contributed by atoms with Gasteiger partial charge in [0.2, 0.25) is 5.56 Å². The first-order valence-corrected chi connectivity index (χ1v) is 12.2. The second-order valence-electron chi connectivity index (χ2n) is 9.62. The number of carbonyl (C=O) groups is 1. The highest BCUT2D eigenvalue weighted by Crippen LogP contribution is 2.36. The van der Waals surface area contributed by atoms with Crippen LogP contribution in [0.4, 0.5) is 28.9 Å². The molecular weight excluding hydrogens is 520 g/mol. The van der Waals surface area contributed by atoms with E-state index in [0.717, 1.165) is 0 Å². The molecule has 1 atom stereocenters. The molecule has 2 aromatic heterocycles. The topological polar surface area (TPSA) is 103 Å².